The molecule has 2 nitrogen and oxygen atoms in total. The van der Waals surface area contributed by atoms with E-state index in [4.69, 9.17) is 10.5 Å². The van der Waals surface area contributed by atoms with E-state index in [-0.39, 0.29) is 18.0 Å². The molecule has 3 rings (SSSR count). The van der Waals surface area contributed by atoms with Crippen molar-refractivity contribution in [3.63, 3.8) is 0 Å². The summed E-state index contributed by atoms with van der Waals surface area (Å²) in [5.41, 5.74) is 8.13. The van der Waals surface area contributed by atoms with Gasteiger partial charge in [0.15, 0.2) is 0 Å². The van der Waals surface area contributed by atoms with Gasteiger partial charge >= 0.3 is 0 Å². The molecule has 0 spiro atoms. The molecule has 0 radical (unpaired) electrons. The van der Waals surface area contributed by atoms with E-state index in [1.54, 1.807) is 12.1 Å². The highest BCUT2D eigenvalue weighted by atomic mass is 79.9. The number of halogens is 3. The van der Waals surface area contributed by atoms with Gasteiger partial charge in [0.25, 0.3) is 0 Å². The maximum atomic E-state index is 13.3. The lowest BCUT2D eigenvalue weighted by atomic mass is 9.94. The number of hydrogen-bond acceptors (Lipinski definition) is 2. The molecule has 2 aromatic rings. The van der Waals surface area contributed by atoms with E-state index in [1.165, 1.54) is 6.07 Å². The summed E-state index contributed by atoms with van der Waals surface area (Å²) in [6.07, 6.45) is 0.510. The molecule has 1 aliphatic heterocycles. The van der Waals surface area contributed by atoms with E-state index in [0.717, 1.165) is 21.3 Å². The third-order valence-corrected chi connectivity index (χ3v) is 4.53. The van der Waals surface area contributed by atoms with E-state index in [0.29, 0.717) is 10.9 Å². The summed E-state index contributed by atoms with van der Waals surface area (Å²) in [5.74, 6) is 0.501. The van der Waals surface area contributed by atoms with E-state index in [2.05, 4.69) is 31.9 Å². The molecule has 0 saturated heterocycles. The molecule has 2 atom stereocenters. The van der Waals surface area contributed by atoms with Crippen LogP contribution in [-0.4, -0.2) is 0 Å². The number of nitrogens with two attached hydrogens (primary N) is 1. The van der Waals surface area contributed by atoms with Gasteiger partial charge in [0.2, 0.25) is 0 Å². The maximum absolute atomic E-state index is 13.3. The molecular weight excluding hydrogens is 389 g/mol. The second kappa shape index (κ2) is 5.47. The Balaban J connectivity index is 1.96. The summed E-state index contributed by atoms with van der Waals surface area (Å²) in [6.45, 7) is 0. The number of hydrogen-bond donors (Lipinski definition) is 1. The number of rotatable bonds is 1. The molecule has 0 fully saturated rings. The van der Waals surface area contributed by atoms with Crippen molar-refractivity contribution >= 4 is 31.9 Å². The Labute approximate surface area is 133 Å². The van der Waals surface area contributed by atoms with Crippen LogP contribution in [0.1, 0.15) is 29.7 Å². The van der Waals surface area contributed by atoms with Crippen molar-refractivity contribution in [2.75, 3.05) is 0 Å². The van der Waals surface area contributed by atoms with Crippen LogP contribution >= 0.6 is 31.9 Å². The lowest BCUT2D eigenvalue weighted by molar-refractivity contribution is 0.161. The fourth-order valence-electron chi connectivity index (χ4n) is 2.39. The highest BCUT2D eigenvalue weighted by molar-refractivity contribution is 9.10. The predicted octanol–water partition coefficient (Wildman–Crippen LogP) is 4.87. The summed E-state index contributed by atoms with van der Waals surface area (Å²) in [5, 5.41) is 0. The fourth-order valence-corrected chi connectivity index (χ4v) is 3.13. The molecule has 2 aromatic carbocycles. The molecule has 0 saturated carbocycles. The van der Waals surface area contributed by atoms with E-state index < -0.39 is 0 Å². The minimum absolute atomic E-state index is 0.0827. The average molecular weight is 401 g/mol. The topological polar surface area (TPSA) is 35.2 Å². The molecule has 104 valence electrons. The number of ether oxygens (including phenoxy) is 1. The van der Waals surface area contributed by atoms with Gasteiger partial charge < -0.3 is 10.5 Å². The van der Waals surface area contributed by atoms with Gasteiger partial charge in [-0.05, 0) is 45.8 Å². The Morgan fingerprint density at radius 1 is 1.15 bits per heavy atom. The Morgan fingerprint density at radius 2 is 1.95 bits per heavy atom. The lowest BCUT2D eigenvalue weighted by Crippen LogP contribution is -2.24. The Morgan fingerprint density at radius 3 is 2.70 bits per heavy atom. The average Bonchev–Trinajstić information content (AvgIpc) is 2.41. The molecule has 0 bridgehead atoms. The smallest absolute Gasteiger partial charge is 0.137 e. The Hall–Kier alpha value is -0.910. The van der Waals surface area contributed by atoms with Gasteiger partial charge in [-0.1, -0.05) is 28.1 Å². The minimum Gasteiger partial charge on any atom is -0.485 e. The number of benzene rings is 2. The molecular formula is C15H12Br2FNO. The predicted molar refractivity (Wildman–Crippen MR) is 83.2 cm³/mol. The minimum atomic E-state index is -0.281. The van der Waals surface area contributed by atoms with E-state index in [1.807, 2.05) is 18.2 Å². The van der Waals surface area contributed by atoms with Crippen molar-refractivity contribution in [3.05, 3.63) is 62.3 Å². The first-order chi connectivity index (χ1) is 9.54. The van der Waals surface area contributed by atoms with Crippen molar-refractivity contribution in [1.82, 2.24) is 0 Å². The van der Waals surface area contributed by atoms with Gasteiger partial charge in [-0.3, -0.25) is 0 Å². The zero-order valence-electron chi connectivity index (χ0n) is 10.4. The van der Waals surface area contributed by atoms with Crippen molar-refractivity contribution in [2.45, 2.75) is 18.6 Å². The molecule has 2 N–H and O–H groups in total. The van der Waals surface area contributed by atoms with Crippen LogP contribution in [-0.2, 0) is 0 Å². The standard InChI is InChI=1S/C15H12Br2FNO/c16-9-2-3-10-13(19)7-14(20-15(10)6-9)8-1-4-12(18)11(17)5-8/h1-6,13-14H,7,19H2. The summed E-state index contributed by atoms with van der Waals surface area (Å²) >= 11 is 6.63. The summed E-state index contributed by atoms with van der Waals surface area (Å²) < 4.78 is 20.7. The zero-order chi connectivity index (χ0) is 14.3. The molecule has 5 heteroatoms. The second-order valence-electron chi connectivity index (χ2n) is 4.80. The van der Waals surface area contributed by atoms with Gasteiger partial charge in [0.1, 0.15) is 17.7 Å². The van der Waals surface area contributed by atoms with Crippen molar-refractivity contribution < 1.29 is 9.13 Å². The zero-order valence-corrected chi connectivity index (χ0v) is 13.6. The highest BCUT2D eigenvalue weighted by Crippen LogP contribution is 2.41. The Kier molecular flexibility index (Phi) is 3.84. The van der Waals surface area contributed by atoms with Crippen molar-refractivity contribution in [1.29, 1.82) is 0 Å². The maximum Gasteiger partial charge on any atom is 0.137 e. The van der Waals surface area contributed by atoms with Crippen molar-refractivity contribution in [3.8, 4) is 5.75 Å². The van der Waals surface area contributed by atoms with Crippen LogP contribution in [0.25, 0.3) is 0 Å². The first-order valence-corrected chi connectivity index (χ1v) is 7.80. The molecule has 1 heterocycles. The number of fused-ring (bicyclic) bond motifs is 1. The summed E-state index contributed by atoms with van der Waals surface area (Å²) in [6, 6.07) is 10.7. The lowest BCUT2D eigenvalue weighted by Gasteiger charge is -2.30. The van der Waals surface area contributed by atoms with Gasteiger partial charge in [-0.25, -0.2) is 4.39 Å². The molecule has 2 unspecified atom stereocenters. The van der Waals surface area contributed by atoms with Crippen LogP contribution in [0, 0.1) is 5.82 Å². The SMILES string of the molecule is NC1CC(c2ccc(F)c(Br)c2)Oc2cc(Br)ccc21. The molecule has 0 amide bonds. The Bertz CT molecular complexity index is 662. The van der Waals surface area contributed by atoms with E-state index in [9.17, 15) is 4.39 Å². The van der Waals surface area contributed by atoms with Crippen LogP contribution in [0.3, 0.4) is 0 Å². The normalized spacial score (nSPS) is 21.2. The van der Waals surface area contributed by atoms with Crippen LogP contribution in [0.5, 0.6) is 5.75 Å². The molecule has 0 aromatic heterocycles. The first-order valence-electron chi connectivity index (χ1n) is 6.21. The van der Waals surface area contributed by atoms with Crippen LogP contribution in [0.2, 0.25) is 0 Å². The summed E-state index contributed by atoms with van der Waals surface area (Å²) in [7, 11) is 0. The van der Waals surface area contributed by atoms with Gasteiger partial charge in [-0.15, -0.1) is 0 Å². The van der Waals surface area contributed by atoms with Crippen LogP contribution in [0.4, 0.5) is 4.39 Å². The van der Waals surface area contributed by atoms with E-state index >= 15 is 0 Å². The third-order valence-electron chi connectivity index (χ3n) is 3.43. The van der Waals surface area contributed by atoms with Gasteiger partial charge in [0, 0.05) is 22.5 Å². The molecule has 0 aliphatic carbocycles. The van der Waals surface area contributed by atoms with Crippen LogP contribution in [0.15, 0.2) is 45.3 Å². The highest BCUT2D eigenvalue weighted by Gasteiger charge is 2.27. The van der Waals surface area contributed by atoms with Gasteiger partial charge in [0.05, 0.1) is 4.47 Å². The molecule has 1 aliphatic rings. The van der Waals surface area contributed by atoms with Crippen molar-refractivity contribution in [2.24, 2.45) is 5.73 Å². The third kappa shape index (κ3) is 2.62. The van der Waals surface area contributed by atoms with Gasteiger partial charge in [-0.2, -0.15) is 0 Å². The van der Waals surface area contributed by atoms with Crippen LogP contribution < -0.4 is 10.5 Å². The summed E-state index contributed by atoms with van der Waals surface area (Å²) in [4.78, 5) is 0. The quantitative estimate of drug-likeness (QED) is 0.740. The first kappa shape index (κ1) is 14.0. The molecule has 20 heavy (non-hydrogen) atoms. The largest absolute Gasteiger partial charge is 0.485 e. The monoisotopic (exact) mass is 399 g/mol. The second-order valence-corrected chi connectivity index (χ2v) is 6.57. The fraction of sp³-hybridized carbons (Fsp3) is 0.200.